The molecule has 0 amide bonds. The van der Waals surface area contributed by atoms with Crippen LogP contribution in [0.15, 0.2) is 0 Å². The third kappa shape index (κ3) is 1.50. The van der Waals surface area contributed by atoms with Gasteiger partial charge in [-0.05, 0) is 12.8 Å². The fourth-order valence-corrected chi connectivity index (χ4v) is 1.62. The smallest absolute Gasteiger partial charge is 0.156 e. The van der Waals surface area contributed by atoms with Crippen LogP contribution in [-0.4, -0.2) is 16.5 Å². The summed E-state index contributed by atoms with van der Waals surface area (Å²) in [5, 5.41) is 18.0. The first-order chi connectivity index (χ1) is 4.65. The van der Waals surface area contributed by atoms with E-state index in [9.17, 15) is 0 Å². The molecule has 1 rings (SSSR count). The molecule has 0 unspecified atom stereocenters. The standard InChI is InChI=1S/C8H16O2/c1-8(7(9)10)5-3-2-4-6-8/h7,9-10H,2-6H2,1H3. The van der Waals surface area contributed by atoms with Crippen molar-refractivity contribution in [3.8, 4) is 0 Å². The van der Waals surface area contributed by atoms with Crippen molar-refractivity contribution in [2.45, 2.75) is 45.3 Å². The van der Waals surface area contributed by atoms with Crippen molar-refractivity contribution >= 4 is 0 Å². The van der Waals surface area contributed by atoms with Crippen LogP contribution in [0.1, 0.15) is 39.0 Å². The van der Waals surface area contributed by atoms with Gasteiger partial charge in [-0.3, -0.25) is 0 Å². The first-order valence-electron chi connectivity index (χ1n) is 4.01. The highest BCUT2D eigenvalue weighted by Crippen LogP contribution is 2.37. The van der Waals surface area contributed by atoms with Crippen LogP contribution in [0.25, 0.3) is 0 Å². The summed E-state index contributed by atoms with van der Waals surface area (Å²) in [6.07, 6.45) is 4.35. The lowest BCUT2D eigenvalue weighted by Gasteiger charge is -2.34. The quantitative estimate of drug-likeness (QED) is 0.544. The van der Waals surface area contributed by atoms with Crippen molar-refractivity contribution in [2.24, 2.45) is 5.41 Å². The number of hydrogen-bond acceptors (Lipinski definition) is 2. The van der Waals surface area contributed by atoms with E-state index in [1.165, 1.54) is 6.42 Å². The third-order valence-electron chi connectivity index (χ3n) is 2.62. The van der Waals surface area contributed by atoms with Gasteiger partial charge in [-0.2, -0.15) is 0 Å². The molecule has 0 aromatic heterocycles. The predicted octanol–water partition coefficient (Wildman–Crippen LogP) is 1.27. The Labute approximate surface area is 61.9 Å². The lowest BCUT2D eigenvalue weighted by Crippen LogP contribution is -2.33. The molecule has 0 spiro atoms. The van der Waals surface area contributed by atoms with E-state index in [2.05, 4.69) is 0 Å². The van der Waals surface area contributed by atoms with Gasteiger partial charge in [-0.1, -0.05) is 26.2 Å². The monoisotopic (exact) mass is 144 g/mol. The van der Waals surface area contributed by atoms with E-state index in [0.29, 0.717) is 0 Å². The Morgan fingerprint density at radius 1 is 1.10 bits per heavy atom. The van der Waals surface area contributed by atoms with Crippen LogP contribution in [0.3, 0.4) is 0 Å². The summed E-state index contributed by atoms with van der Waals surface area (Å²) in [6, 6.07) is 0. The molecule has 0 saturated heterocycles. The van der Waals surface area contributed by atoms with E-state index in [1.54, 1.807) is 0 Å². The van der Waals surface area contributed by atoms with Crippen molar-refractivity contribution in [2.75, 3.05) is 0 Å². The van der Waals surface area contributed by atoms with Crippen LogP contribution in [0.2, 0.25) is 0 Å². The molecule has 0 bridgehead atoms. The summed E-state index contributed by atoms with van der Waals surface area (Å²) in [6.45, 7) is 1.96. The normalized spacial score (nSPS) is 25.2. The Bertz CT molecular complexity index is 104. The van der Waals surface area contributed by atoms with Gasteiger partial charge in [-0.25, -0.2) is 0 Å². The van der Waals surface area contributed by atoms with E-state index < -0.39 is 6.29 Å². The van der Waals surface area contributed by atoms with Gasteiger partial charge in [0, 0.05) is 5.41 Å². The highest BCUT2D eigenvalue weighted by atomic mass is 16.5. The molecule has 0 aromatic carbocycles. The third-order valence-corrected chi connectivity index (χ3v) is 2.62. The molecule has 2 heteroatoms. The van der Waals surface area contributed by atoms with Crippen LogP contribution in [0.5, 0.6) is 0 Å². The Morgan fingerprint density at radius 3 is 1.90 bits per heavy atom. The van der Waals surface area contributed by atoms with Crippen molar-refractivity contribution in [1.82, 2.24) is 0 Å². The Kier molecular flexibility index (Phi) is 2.32. The van der Waals surface area contributed by atoms with Crippen LogP contribution < -0.4 is 0 Å². The average molecular weight is 144 g/mol. The molecule has 0 atom stereocenters. The van der Waals surface area contributed by atoms with Gasteiger partial charge in [0.1, 0.15) is 0 Å². The number of hydrogen-bond donors (Lipinski definition) is 2. The molecule has 1 saturated carbocycles. The Morgan fingerprint density at radius 2 is 1.60 bits per heavy atom. The average Bonchev–Trinajstić information content (AvgIpc) is 1.89. The second-order valence-corrected chi connectivity index (χ2v) is 3.59. The summed E-state index contributed by atoms with van der Waals surface area (Å²) in [5.41, 5.74) is -0.210. The maximum Gasteiger partial charge on any atom is 0.156 e. The van der Waals surface area contributed by atoms with Crippen LogP contribution in [0.4, 0.5) is 0 Å². The lowest BCUT2D eigenvalue weighted by atomic mass is 9.75. The van der Waals surface area contributed by atoms with E-state index in [4.69, 9.17) is 10.2 Å². The van der Waals surface area contributed by atoms with Crippen molar-refractivity contribution in [3.63, 3.8) is 0 Å². The van der Waals surface area contributed by atoms with Gasteiger partial charge in [0.15, 0.2) is 6.29 Å². The molecule has 2 nitrogen and oxygen atoms in total. The minimum Gasteiger partial charge on any atom is -0.368 e. The summed E-state index contributed by atoms with van der Waals surface area (Å²) < 4.78 is 0. The predicted molar refractivity (Wildman–Crippen MR) is 39.4 cm³/mol. The number of aliphatic hydroxyl groups excluding tert-OH is 1. The second kappa shape index (κ2) is 2.89. The molecular weight excluding hydrogens is 128 g/mol. The highest BCUT2D eigenvalue weighted by molar-refractivity contribution is 4.79. The van der Waals surface area contributed by atoms with Crippen molar-refractivity contribution in [1.29, 1.82) is 0 Å². The van der Waals surface area contributed by atoms with Crippen molar-refractivity contribution in [3.05, 3.63) is 0 Å². The molecule has 1 aliphatic rings. The fourth-order valence-electron chi connectivity index (χ4n) is 1.62. The molecule has 60 valence electrons. The summed E-state index contributed by atoms with van der Waals surface area (Å²) >= 11 is 0. The molecule has 0 radical (unpaired) electrons. The number of aliphatic hydroxyl groups is 2. The first kappa shape index (κ1) is 8.02. The molecule has 10 heavy (non-hydrogen) atoms. The molecule has 2 N–H and O–H groups in total. The summed E-state index contributed by atoms with van der Waals surface area (Å²) in [4.78, 5) is 0. The van der Waals surface area contributed by atoms with Gasteiger partial charge in [-0.15, -0.1) is 0 Å². The highest BCUT2D eigenvalue weighted by Gasteiger charge is 2.32. The van der Waals surface area contributed by atoms with E-state index in [0.717, 1.165) is 25.7 Å². The van der Waals surface area contributed by atoms with Crippen molar-refractivity contribution < 1.29 is 10.2 Å². The van der Waals surface area contributed by atoms with Crippen LogP contribution in [0, 0.1) is 5.41 Å². The van der Waals surface area contributed by atoms with Crippen LogP contribution >= 0.6 is 0 Å². The van der Waals surface area contributed by atoms with E-state index >= 15 is 0 Å². The molecular formula is C8H16O2. The minimum absolute atomic E-state index is 0.210. The maximum absolute atomic E-state index is 8.99. The van der Waals surface area contributed by atoms with Gasteiger partial charge >= 0.3 is 0 Å². The van der Waals surface area contributed by atoms with Gasteiger partial charge in [0.2, 0.25) is 0 Å². The zero-order valence-corrected chi connectivity index (χ0v) is 6.51. The lowest BCUT2D eigenvalue weighted by molar-refractivity contribution is -0.140. The van der Waals surface area contributed by atoms with Gasteiger partial charge < -0.3 is 10.2 Å². The maximum atomic E-state index is 8.99. The largest absolute Gasteiger partial charge is 0.368 e. The minimum atomic E-state index is -1.12. The number of rotatable bonds is 1. The Balaban J connectivity index is 2.48. The zero-order chi connectivity index (χ0) is 7.61. The SMILES string of the molecule is CC1(C(O)O)CCCCC1. The topological polar surface area (TPSA) is 40.5 Å². The van der Waals surface area contributed by atoms with E-state index in [1.807, 2.05) is 6.92 Å². The molecule has 0 aliphatic heterocycles. The molecule has 1 aliphatic carbocycles. The molecule has 0 heterocycles. The molecule has 1 fully saturated rings. The molecule has 0 aromatic rings. The second-order valence-electron chi connectivity index (χ2n) is 3.59. The summed E-state index contributed by atoms with van der Waals surface area (Å²) in [5.74, 6) is 0. The zero-order valence-electron chi connectivity index (χ0n) is 6.51. The van der Waals surface area contributed by atoms with Gasteiger partial charge in [0.05, 0.1) is 0 Å². The van der Waals surface area contributed by atoms with E-state index in [-0.39, 0.29) is 5.41 Å². The first-order valence-corrected chi connectivity index (χ1v) is 4.01. The fraction of sp³-hybridized carbons (Fsp3) is 1.00. The Hall–Kier alpha value is -0.0800. The van der Waals surface area contributed by atoms with Crippen LogP contribution in [-0.2, 0) is 0 Å². The summed E-state index contributed by atoms with van der Waals surface area (Å²) in [7, 11) is 0. The van der Waals surface area contributed by atoms with Gasteiger partial charge in [0.25, 0.3) is 0 Å².